The number of hydrogen-bond acceptors (Lipinski definition) is 2. The molecule has 2 N–H and O–H groups in total. The number of benzene rings is 1. The van der Waals surface area contributed by atoms with E-state index in [4.69, 9.17) is 5.11 Å². The molecule has 0 unspecified atom stereocenters. The second-order valence-electron chi connectivity index (χ2n) is 3.97. The van der Waals surface area contributed by atoms with Crippen LogP contribution in [0.4, 0.5) is 0 Å². The zero-order valence-electron chi connectivity index (χ0n) is 8.72. The van der Waals surface area contributed by atoms with Crippen LogP contribution >= 0.6 is 0 Å². The second-order valence-corrected chi connectivity index (χ2v) is 3.97. The van der Waals surface area contributed by atoms with Crippen molar-refractivity contribution in [3.63, 3.8) is 0 Å². The van der Waals surface area contributed by atoms with Gasteiger partial charge in [0.15, 0.2) is 0 Å². The Bertz CT molecular complexity index is 402. The smallest absolute Gasteiger partial charge is 0.322 e. The van der Waals surface area contributed by atoms with Crippen molar-refractivity contribution in [1.29, 1.82) is 0 Å². The van der Waals surface area contributed by atoms with Gasteiger partial charge in [-0.1, -0.05) is 30.3 Å². The van der Waals surface area contributed by atoms with E-state index in [0.717, 1.165) is 12.0 Å². The van der Waals surface area contributed by atoms with Crippen LogP contribution in [0.2, 0.25) is 0 Å². The SMILES string of the molecule is O=C(O)CNC(=O)[C@@H]1C[C@@H]1c1ccccc1. The molecule has 0 aromatic heterocycles. The van der Waals surface area contributed by atoms with E-state index in [1.165, 1.54) is 0 Å². The van der Waals surface area contributed by atoms with Gasteiger partial charge in [-0.05, 0) is 17.9 Å². The normalized spacial score (nSPS) is 22.5. The lowest BCUT2D eigenvalue weighted by Gasteiger charge is -2.01. The van der Waals surface area contributed by atoms with Crippen molar-refractivity contribution in [3.8, 4) is 0 Å². The zero-order valence-corrected chi connectivity index (χ0v) is 8.72. The largest absolute Gasteiger partial charge is 0.480 e. The van der Waals surface area contributed by atoms with Crippen molar-refractivity contribution in [3.05, 3.63) is 35.9 Å². The number of hydrogen-bond donors (Lipinski definition) is 2. The molecule has 84 valence electrons. The molecule has 1 amide bonds. The van der Waals surface area contributed by atoms with Gasteiger partial charge in [0, 0.05) is 5.92 Å². The van der Waals surface area contributed by atoms with Crippen LogP contribution in [0.15, 0.2) is 30.3 Å². The Labute approximate surface area is 93.3 Å². The van der Waals surface area contributed by atoms with Gasteiger partial charge >= 0.3 is 5.97 Å². The Hall–Kier alpha value is -1.84. The van der Waals surface area contributed by atoms with Gasteiger partial charge in [0.2, 0.25) is 5.91 Å². The van der Waals surface area contributed by atoms with Crippen LogP contribution in [0.3, 0.4) is 0 Å². The Morgan fingerprint density at radius 2 is 2.00 bits per heavy atom. The average molecular weight is 219 g/mol. The third-order valence-corrected chi connectivity index (χ3v) is 2.77. The van der Waals surface area contributed by atoms with E-state index in [9.17, 15) is 9.59 Å². The summed E-state index contributed by atoms with van der Waals surface area (Å²) in [6, 6.07) is 9.81. The van der Waals surface area contributed by atoms with E-state index in [-0.39, 0.29) is 24.3 Å². The first-order chi connectivity index (χ1) is 7.68. The first-order valence-electron chi connectivity index (χ1n) is 5.23. The van der Waals surface area contributed by atoms with Gasteiger partial charge in [0.25, 0.3) is 0 Å². The summed E-state index contributed by atoms with van der Waals surface area (Å²) in [5.41, 5.74) is 1.15. The maximum Gasteiger partial charge on any atom is 0.322 e. The minimum atomic E-state index is -1.01. The number of carboxylic acids is 1. The van der Waals surface area contributed by atoms with Crippen LogP contribution < -0.4 is 5.32 Å². The minimum Gasteiger partial charge on any atom is -0.480 e. The van der Waals surface area contributed by atoms with Gasteiger partial charge in [-0.15, -0.1) is 0 Å². The standard InChI is InChI=1S/C12H13NO3/c14-11(15)7-13-12(16)10-6-9(10)8-4-2-1-3-5-8/h1-5,9-10H,6-7H2,(H,13,16)(H,14,15)/t9-,10-/m1/s1. The molecule has 2 atom stereocenters. The predicted molar refractivity (Wildman–Crippen MR) is 57.9 cm³/mol. The summed E-state index contributed by atoms with van der Waals surface area (Å²) in [6.07, 6.45) is 0.815. The number of nitrogens with one attached hydrogen (secondary N) is 1. The highest BCUT2D eigenvalue weighted by Gasteiger charge is 2.43. The van der Waals surface area contributed by atoms with E-state index >= 15 is 0 Å². The summed E-state index contributed by atoms with van der Waals surface area (Å²) in [6.45, 7) is -0.295. The van der Waals surface area contributed by atoms with Crippen molar-refractivity contribution in [2.24, 2.45) is 5.92 Å². The maximum atomic E-state index is 11.5. The molecule has 0 aliphatic heterocycles. The zero-order chi connectivity index (χ0) is 11.5. The van der Waals surface area contributed by atoms with E-state index in [1.807, 2.05) is 30.3 Å². The molecule has 0 bridgehead atoms. The molecule has 1 saturated carbocycles. The summed E-state index contributed by atoms with van der Waals surface area (Å²) < 4.78 is 0. The molecule has 0 radical (unpaired) electrons. The minimum absolute atomic E-state index is 0.0539. The molecule has 1 aliphatic rings. The van der Waals surface area contributed by atoms with E-state index in [1.54, 1.807) is 0 Å². The summed E-state index contributed by atoms with van der Waals surface area (Å²) in [4.78, 5) is 21.8. The quantitative estimate of drug-likeness (QED) is 0.793. The third-order valence-electron chi connectivity index (χ3n) is 2.77. The van der Waals surface area contributed by atoms with Crippen molar-refractivity contribution in [2.45, 2.75) is 12.3 Å². The van der Waals surface area contributed by atoms with Gasteiger partial charge in [0.05, 0.1) is 0 Å². The van der Waals surface area contributed by atoms with E-state index < -0.39 is 5.97 Å². The van der Waals surface area contributed by atoms with Crippen molar-refractivity contribution >= 4 is 11.9 Å². The van der Waals surface area contributed by atoms with Gasteiger partial charge in [-0.3, -0.25) is 9.59 Å². The van der Waals surface area contributed by atoms with Gasteiger partial charge in [-0.2, -0.15) is 0 Å². The lowest BCUT2D eigenvalue weighted by atomic mass is 10.1. The van der Waals surface area contributed by atoms with E-state index in [2.05, 4.69) is 5.32 Å². The van der Waals surface area contributed by atoms with Crippen LogP contribution in [0.1, 0.15) is 17.9 Å². The number of carbonyl (C=O) groups excluding carboxylic acids is 1. The molecule has 1 aromatic rings. The summed E-state index contributed by atoms with van der Waals surface area (Å²) in [5.74, 6) is -0.960. The highest BCUT2D eigenvalue weighted by molar-refractivity contribution is 5.85. The summed E-state index contributed by atoms with van der Waals surface area (Å²) in [5, 5.41) is 10.8. The number of aliphatic carboxylic acids is 1. The molecule has 2 rings (SSSR count). The second kappa shape index (κ2) is 4.35. The highest BCUT2D eigenvalue weighted by atomic mass is 16.4. The lowest BCUT2D eigenvalue weighted by molar-refractivity contribution is -0.138. The molecule has 4 nitrogen and oxygen atoms in total. The molecular formula is C12H13NO3. The number of rotatable bonds is 4. The van der Waals surface area contributed by atoms with Crippen molar-refractivity contribution in [2.75, 3.05) is 6.54 Å². The molecule has 1 aromatic carbocycles. The number of carbonyl (C=O) groups is 2. The first-order valence-corrected chi connectivity index (χ1v) is 5.23. The molecule has 1 fully saturated rings. The monoisotopic (exact) mass is 219 g/mol. The number of carboxylic acid groups (broad SMARTS) is 1. The Morgan fingerprint density at radius 3 is 2.62 bits per heavy atom. The summed E-state index contributed by atoms with van der Waals surface area (Å²) in [7, 11) is 0. The molecule has 4 heteroatoms. The maximum absolute atomic E-state index is 11.5. The number of amides is 1. The van der Waals surface area contributed by atoms with Crippen LogP contribution in [-0.2, 0) is 9.59 Å². The fourth-order valence-corrected chi connectivity index (χ4v) is 1.85. The highest BCUT2D eigenvalue weighted by Crippen LogP contribution is 2.47. The molecule has 1 aliphatic carbocycles. The fourth-order valence-electron chi connectivity index (χ4n) is 1.85. The Balaban J connectivity index is 1.87. The van der Waals surface area contributed by atoms with Gasteiger partial charge in [-0.25, -0.2) is 0 Å². The van der Waals surface area contributed by atoms with Crippen LogP contribution in [0.25, 0.3) is 0 Å². The molecular weight excluding hydrogens is 206 g/mol. The third kappa shape index (κ3) is 2.39. The van der Waals surface area contributed by atoms with Crippen LogP contribution in [0, 0.1) is 5.92 Å². The Morgan fingerprint density at radius 1 is 1.31 bits per heavy atom. The van der Waals surface area contributed by atoms with Gasteiger partial charge in [0.1, 0.15) is 6.54 Å². The molecule has 16 heavy (non-hydrogen) atoms. The van der Waals surface area contributed by atoms with Crippen molar-refractivity contribution in [1.82, 2.24) is 5.32 Å². The fraction of sp³-hybridized carbons (Fsp3) is 0.333. The molecule has 0 saturated heterocycles. The topological polar surface area (TPSA) is 66.4 Å². The van der Waals surface area contributed by atoms with E-state index in [0.29, 0.717) is 0 Å². The summed E-state index contributed by atoms with van der Waals surface area (Å²) >= 11 is 0. The molecule has 0 spiro atoms. The first kappa shape index (κ1) is 10.7. The van der Waals surface area contributed by atoms with Crippen LogP contribution in [0.5, 0.6) is 0 Å². The lowest BCUT2D eigenvalue weighted by Crippen LogP contribution is -2.30. The molecule has 0 heterocycles. The average Bonchev–Trinajstić information content (AvgIpc) is 3.07. The van der Waals surface area contributed by atoms with Crippen LogP contribution in [-0.4, -0.2) is 23.5 Å². The van der Waals surface area contributed by atoms with Gasteiger partial charge < -0.3 is 10.4 Å². The van der Waals surface area contributed by atoms with Crippen molar-refractivity contribution < 1.29 is 14.7 Å². The Kier molecular flexibility index (Phi) is 2.90. The predicted octanol–water partition coefficient (Wildman–Crippen LogP) is 0.991.